The van der Waals surface area contributed by atoms with Crippen molar-refractivity contribution >= 4 is 0 Å². The Bertz CT molecular complexity index is 982. The molecule has 0 aromatic carbocycles. The van der Waals surface area contributed by atoms with E-state index in [1.54, 1.807) is 0 Å². The second-order valence-corrected chi connectivity index (χ2v) is 10.7. The maximum absolute atomic E-state index is 4.69. The van der Waals surface area contributed by atoms with Crippen LogP contribution in [0.2, 0.25) is 0 Å². The zero-order valence-electron chi connectivity index (χ0n) is 19.5. The van der Waals surface area contributed by atoms with Crippen molar-refractivity contribution in [1.82, 2.24) is 15.0 Å². The summed E-state index contributed by atoms with van der Waals surface area (Å²) in [5.41, 5.74) is 6.20. The van der Waals surface area contributed by atoms with Crippen molar-refractivity contribution in [2.45, 2.75) is 77.6 Å². The fourth-order valence-corrected chi connectivity index (χ4v) is 3.92. The first-order chi connectivity index (χ1) is 14.0. The molecule has 0 unspecified atom stereocenters. The fraction of sp³-hybridized carbons (Fsp3) is 0.444. The zero-order chi connectivity index (χ0) is 22.0. The van der Waals surface area contributed by atoms with Crippen LogP contribution in [0.3, 0.4) is 0 Å². The van der Waals surface area contributed by atoms with Crippen LogP contribution in [0.25, 0.3) is 0 Å². The van der Waals surface area contributed by atoms with Gasteiger partial charge in [0, 0.05) is 41.6 Å². The summed E-state index contributed by atoms with van der Waals surface area (Å²) in [6.07, 6.45) is 9.54. The molecular formula is C27H35N3. The van der Waals surface area contributed by atoms with E-state index >= 15 is 0 Å². The summed E-state index contributed by atoms with van der Waals surface area (Å²) in [5, 5.41) is 0. The number of rotatable bonds is 6. The normalized spacial score (nSPS) is 12.8. The Kier molecular flexibility index (Phi) is 6.12. The number of hydrogen-bond acceptors (Lipinski definition) is 3. The Morgan fingerprint density at radius 1 is 0.700 bits per heavy atom. The highest BCUT2D eigenvalue weighted by molar-refractivity contribution is 5.31. The molecule has 3 rings (SSSR count). The highest BCUT2D eigenvalue weighted by Crippen LogP contribution is 2.31. The molecule has 158 valence electrons. The second kappa shape index (κ2) is 8.29. The molecule has 0 aliphatic carbocycles. The summed E-state index contributed by atoms with van der Waals surface area (Å²) in [7, 11) is 0. The Hall–Kier alpha value is -2.55. The number of nitrogens with zero attached hydrogens (tertiary/aromatic N) is 3. The third kappa shape index (κ3) is 5.33. The van der Waals surface area contributed by atoms with Crippen LogP contribution in [0.5, 0.6) is 0 Å². The maximum Gasteiger partial charge on any atom is 0.0459 e. The Morgan fingerprint density at radius 3 is 2.07 bits per heavy atom. The van der Waals surface area contributed by atoms with E-state index in [9.17, 15) is 0 Å². The molecule has 0 amide bonds. The summed E-state index contributed by atoms with van der Waals surface area (Å²) >= 11 is 0. The average molecular weight is 402 g/mol. The first kappa shape index (κ1) is 22.1. The molecule has 0 aliphatic rings. The van der Waals surface area contributed by atoms with Crippen LogP contribution >= 0.6 is 0 Å². The maximum atomic E-state index is 4.69. The van der Waals surface area contributed by atoms with Crippen LogP contribution in [0, 0.1) is 0 Å². The topological polar surface area (TPSA) is 38.7 Å². The van der Waals surface area contributed by atoms with E-state index < -0.39 is 0 Å². The van der Waals surface area contributed by atoms with Crippen LogP contribution in [-0.2, 0) is 29.1 Å². The zero-order valence-corrected chi connectivity index (χ0v) is 19.5. The van der Waals surface area contributed by atoms with Crippen molar-refractivity contribution in [2.75, 3.05) is 0 Å². The lowest BCUT2D eigenvalue weighted by molar-refractivity contribution is 0.501. The van der Waals surface area contributed by atoms with Crippen LogP contribution in [0.4, 0.5) is 0 Å². The van der Waals surface area contributed by atoms with Crippen LogP contribution in [0.1, 0.15) is 76.5 Å². The first-order valence-electron chi connectivity index (χ1n) is 10.8. The number of aromatic nitrogens is 3. The predicted molar refractivity (Wildman–Crippen MR) is 125 cm³/mol. The van der Waals surface area contributed by atoms with Gasteiger partial charge in [-0.05, 0) is 70.7 Å². The third-order valence-electron chi connectivity index (χ3n) is 5.90. The van der Waals surface area contributed by atoms with Gasteiger partial charge in [-0.2, -0.15) is 0 Å². The van der Waals surface area contributed by atoms with Gasteiger partial charge in [0.1, 0.15) is 0 Å². The van der Waals surface area contributed by atoms with Crippen molar-refractivity contribution in [3.8, 4) is 0 Å². The van der Waals surface area contributed by atoms with E-state index in [0.29, 0.717) is 0 Å². The van der Waals surface area contributed by atoms with Crippen molar-refractivity contribution in [3.63, 3.8) is 0 Å². The molecule has 3 aromatic rings. The molecule has 3 heteroatoms. The molecule has 0 atom stereocenters. The van der Waals surface area contributed by atoms with E-state index in [2.05, 4.69) is 93.7 Å². The minimum Gasteiger partial charge on any atom is -0.264 e. The summed E-state index contributed by atoms with van der Waals surface area (Å²) < 4.78 is 0. The highest BCUT2D eigenvalue weighted by Gasteiger charge is 2.26. The van der Waals surface area contributed by atoms with Gasteiger partial charge in [0.2, 0.25) is 0 Å². The van der Waals surface area contributed by atoms with Crippen molar-refractivity contribution in [3.05, 3.63) is 89.3 Å². The molecule has 3 heterocycles. The number of pyridine rings is 3. The van der Waals surface area contributed by atoms with Gasteiger partial charge in [-0.25, -0.2) is 0 Å². The van der Waals surface area contributed by atoms with E-state index in [0.717, 1.165) is 24.2 Å². The van der Waals surface area contributed by atoms with Gasteiger partial charge in [-0.3, -0.25) is 15.0 Å². The SMILES string of the molecule is CC(C)(C)c1cc(CC(C)(C)c2ccnc(CC(C)(C)c3cccnc3)c2)ccn1. The molecule has 30 heavy (non-hydrogen) atoms. The van der Waals surface area contributed by atoms with Gasteiger partial charge in [0.15, 0.2) is 0 Å². The number of hydrogen-bond donors (Lipinski definition) is 0. The summed E-state index contributed by atoms with van der Waals surface area (Å²) in [6, 6.07) is 13.0. The largest absolute Gasteiger partial charge is 0.264 e. The van der Waals surface area contributed by atoms with Crippen molar-refractivity contribution in [1.29, 1.82) is 0 Å². The van der Waals surface area contributed by atoms with Crippen LogP contribution in [-0.4, -0.2) is 15.0 Å². The lowest BCUT2D eigenvalue weighted by Gasteiger charge is -2.28. The minimum atomic E-state index is -0.0171. The molecular weight excluding hydrogens is 366 g/mol. The van der Waals surface area contributed by atoms with Gasteiger partial charge >= 0.3 is 0 Å². The minimum absolute atomic E-state index is 0.00659. The standard InChI is InChI=1S/C27H35N3/c1-25(2,3)24-15-20(10-13-30-24)17-26(4,5)21-11-14-29-23(16-21)18-27(6,7)22-9-8-12-28-19-22/h8-16,19H,17-18H2,1-7H3. The molecule has 0 saturated heterocycles. The molecule has 0 N–H and O–H groups in total. The van der Waals surface area contributed by atoms with Gasteiger partial charge in [-0.15, -0.1) is 0 Å². The Balaban J connectivity index is 1.82. The molecule has 0 radical (unpaired) electrons. The van der Waals surface area contributed by atoms with Crippen LogP contribution in [0.15, 0.2) is 61.2 Å². The van der Waals surface area contributed by atoms with Crippen molar-refractivity contribution < 1.29 is 0 Å². The van der Waals surface area contributed by atoms with E-state index in [1.807, 2.05) is 30.9 Å². The van der Waals surface area contributed by atoms with Crippen molar-refractivity contribution in [2.24, 2.45) is 0 Å². The molecule has 0 aliphatic heterocycles. The predicted octanol–water partition coefficient (Wildman–Crippen LogP) is 6.21. The average Bonchev–Trinajstić information content (AvgIpc) is 2.68. The fourth-order valence-electron chi connectivity index (χ4n) is 3.92. The monoisotopic (exact) mass is 401 g/mol. The summed E-state index contributed by atoms with van der Waals surface area (Å²) in [6.45, 7) is 15.8. The smallest absolute Gasteiger partial charge is 0.0459 e. The third-order valence-corrected chi connectivity index (χ3v) is 5.90. The first-order valence-corrected chi connectivity index (χ1v) is 10.8. The van der Waals surface area contributed by atoms with Gasteiger partial charge in [-0.1, -0.05) is 54.5 Å². The Morgan fingerprint density at radius 2 is 1.40 bits per heavy atom. The van der Waals surface area contributed by atoms with E-state index in [1.165, 1.54) is 16.7 Å². The van der Waals surface area contributed by atoms with E-state index in [-0.39, 0.29) is 16.2 Å². The summed E-state index contributed by atoms with van der Waals surface area (Å²) in [5.74, 6) is 0. The van der Waals surface area contributed by atoms with Gasteiger partial charge in [0.05, 0.1) is 0 Å². The molecule has 3 nitrogen and oxygen atoms in total. The lowest BCUT2D eigenvalue weighted by Crippen LogP contribution is -2.24. The molecule has 0 fully saturated rings. The molecule has 3 aromatic heterocycles. The lowest BCUT2D eigenvalue weighted by atomic mass is 9.77. The van der Waals surface area contributed by atoms with E-state index in [4.69, 9.17) is 0 Å². The van der Waals surface area contributed by atoms with Gasteiger partial charge in [0.25, 0.3) is 0 Å². The molecule has 0 saturated carbocycles. The molecule has 0 bridgehead atoms. The second-order valence-electron chi connectivity index (χ2n) is 10.7. The van der Waals surface area contributed by atoms with Crippen LogP contribution < -0.4 is 0 Å². The summed E-state index contributed by atoms with van der Waals surface area (Å²) in [4.78, 5) is 13.6. The quantitative estimate of drug-likeness (QED) is 0.493. The highest BCUT2D eigenvalue weighted by atomic mass is 14.7. The Labute approximate surface area is 182 Å². The van der Waals surface area contributed by atoms with Gasteiger partial charge < -0.3 is 0 Å². The molecule has 0 spiro atoms.